The molecule has 2 fully saturated rings. The van der Waals surface area contributed by atoms with E-state index in [0.29, 0.717) is 6.04 Å². The monoisotopic (exact) mass is 148 g/mol. The summed E-state index contributed by atoms with van der Waals surface area (Å²) in [5.74, 6) is 0.182. The van der Waals surface area contributed by atoms with Crippen LogP contribution in [0.3, 0.4) is 0 Å². The second-order valence-corrected chi connectivity index (χ2v) is 2.40. The number of fused-ring (bicyclic) bond motifs is 2. The van der Waals surface area contributed by atoms with Crippen molar-refractivity contribution < 1.29 is 4.79 Å². The second kappa shape index (κ2) is 2.15. The molecule has 4 heteroatoms. The van der Waals surface area contributed by atoms with Gasteiger partial charge in [0.2, 0.25) is 5.91 Å². The minimum Gasteiger partial charge on any atom is -0.351 e. The van der Waals surface area contributed by atoms with Crippen LogP contribution < -0.4 is 10.6 Å². The van der Waals surface area contributed by atoms with E-state index in [-0.39, 0.29) is 24.4 Å². The highest BCUT2D eigenvalue weighted by molar-refractivity contribution is 5.85. The van der Waals surface area contributed by atoms with Crippen molar-refractivity contribution in [1.29, 1.82) is 0 Å². The lowest BCUT2D eigenvalue weighted by Crippen LogP contribution is -2.44. The van der Waals surface area contributed by atoms with Crippen molar-refractivity contribution in [2.75, 3.05) is 6.54 Å². The Morgan fingerprint density at radius 1 is 1.56 bits per heavy atom. The molecule has 0 saturated carbocycles. The van der Waals surface area contributed by atoms with Crippen LogP contribution in [0.4, 0.5) is 0 Å². The fourth-order valence-corrected chi connectivity index (χ4v) is 1.35. The SMILES string of the molecule is Cl.O=C1N[C@H]2CN[C@@H]1C2. The lowest BCUT2D eigenvalue weighted by atomic mass is 10.2. The highest BCUT2D eigenvalue weighted by atomic mass is 35.5. The van der Waals surface area contributed by atoms with Crippen LogP contribution in [-0.4, -0.2) is 24.5 Å². The van der Waals surface area contributed by atoms with Crippen molar-refractivity contribution in [3.63, 3.8) is 0 Å². The summed E-state index contributed by atoms with van der Waals surface area (Å²) in [5.41, 5.74) is 0. The van der Waals surface area contributed by atoms with Gasteiger partial charge in [-0.15, -0.1) is 12.4 Å². The smallest absolute Gasteiger partial charge is 0.237 e. The quantitative estimate of drug-likeness (QED) is 0.476. The highest BCUT2D eigenvalue weighted by Gasteiger charge is 2.37. The van der Waals surface area contributed by atoms with E-state index in [1.54, 1.807) is 0 Å². The summed E-state index contributed by atoms with van der Waals surface area (Å²) in [6.45, 7) is 0.969. The number of nitrogens with one attached hydrogen (secondary N) is 2. The van der Waals surface area contributed by atoms with E-state index in [0.717, 1.165) is 13.0 Å². The minimum atomic E-state index is 0. The molecule has 2 atom stereocenters. The molecule has 0 radical (unpaired) electrons. The molecule has 0 aliphatic carbocycles. The van der Waals surface area contributed by atoms with E-state index >= 15 is 0 Å². The Bertz CT molecular complexity index is 139. The van der Waals surface area contributed by atoms with Gasteiger partial charge in [-0.05, 0) is 6.42 Å². The van der Waals surface area contributed by atoms with E-state index in [9.17, 15) is 4.79 Å². The van der Waals surface area contributed by atoms with Gasteiger partial charge in [-0.1, -0.05) is 0 Å². The van der Waals surface area contributed by atoms with Crippen LogP contribution in [0, 0.1) is 0 Å². The lowest BCUT2D eigenvalue weighted by molar-refractivity contribution is -0.121. The number of amides is 1. The van der Waals surface area contributed by atoms with Crippen molar-refractivity contribution in [3.8, 4) is 0 Å². The maximum absolute atomic E-state index is 10.7. The van der Waals surface area contributed by atoms with Gasteiger partial charge in [-0.25, -0.2) is 0 Å². The third-order valence-corrected chi connectivity index (χ3v) is 1.79. The highest BCUT2D eigenvalue weighted by Crippen LogP contribution is 2.13. The first kappa shape index (κ1) is 6.83. The van der Waals surface area contributed by atoms with Gasteiger partial charge >= 0.3 is 0 Å². The van der Waals surface area contributed by atoms with Crippen LogP contribution in [0.2, 0.25) is 0 Å². The molecule has 0 spiro atoms. The number of hydrogen-bond acceptors (Lipinski definition) is 2. The molecule has 2 aliphatic heterocycles. The van der Waals surface area contributed by atoms with Crippen LogP contribution in [0.1, 0.15) is 6.42 Å². The van der Waals surface area contributed by atoms with E-state index in [1.165, 1.54) is 0 Å². The van der Waals surface area contributed by atoms with Gasteiger partial charge in [0.15, 0.2) is 0 Å². The predicted molar refractivity (Wildman–Crippen MR) is 35.6 cm³/mol. The van der Waals surface area contributed by atoms with E-state index in [1.807, 2.05) is 0 Å². The van der Waals surface area contributed by atoms with Crippen LogP contribution in [0.25, 0.3) is 0 Å². The Balaban J connectivity index is 0.000000405. The Kier molecular flexibility index (Phi) is 1.64. The van der Waals surface area contributed by atoms with E-state index < -0.39 is 0 Å². The Hall–Kier alpha value is -0.280. The summed E-state index contributed by atoms with van der Waals surface area (Å²) in [6.07, 6.45) is 0.999. The second-order valence-electron chi connectivity index (χ2n) is 2.40. The number of halogens is 1. The first-order valence-electron chi connectivity index (χ1n) is 2.90. The number of piperazine rings is 1. The molecule has 2 rings (SSSR count). The third-order valence-electron chi connectivity index (χ3n) is 1.79. The van der Waals surface area contributed by atoms with Crippen LogP contribution in [-0.2, 0) is 4.79 Å². The van der Waals surface area contributed by atoms with Crippen molar-refractivity contribution in [1.82, 2.24) is 10.6 Å². The van der Waals surface area contributed by atoms with E-state index in [4.69, 9.17) is 0 Å². The number of rotatable bonds is 0. The fourth-order valence-electron chi connectivity index (χ4n) is 1.35. The molecule has 2 N–H and O–H groups in total. The zero-order chi connectivity index (χ0) is 5.56. The Morgan fingerprint density at radius 3 is 2.56 bits per heavy atom. The molecule has 3 nitrogen and oxygen atoms in total. The van der Waals surface area contributed by atoms with Crippen LogP contribution in [0.5, 0.6) is 0 Å². The minimum absolute atomic E-state index is 0. The first-order valence-corrected chi connectivity index (χ1v) is 2.90. The van der Waals surface area contributed by atoms with Crippen LogP contribution >= 0.6 is 12.4 Å². The van der Waals surface area contributed by atoms with E-state index in [2.05, 4.69) is 10.6 Å². The van der Waals surface area contributed by atoms with Crippen molar-refractivity contribution in [2.24, 2.45) is 0 Å². The molecule has 1 amide bonds. The predicted octanol–water partition coefficient (Wildman–Crippen LogP) is -0.732. The van der Waals surface area contributed by atoms with Gasteiger partial charge in [0.25, 0.3) is 0 Å². The summed E-state index contributed by atoms with van der Waals surface area (Å²) >= 11 is 0. The molecule has 0 unspecified atom stereocenters. The van der Waals surface area contributed by atoms with Crippen molar-refractivity contribution >= 4 is 18.3 Å². The lowest BCUT2D eigenvalue weighted by Gasteiger charge is -2.10. The summed E-state index contributed by atoms with van der Waals surface area (Å²) in [7, 11) is 0. The molecule has 9 heavy (non-hydrogen) atoms. The molecule has 2 bridgehead atoms. The standard InChI is InChI=1S/C5H8N2O.ClH/c8-5-4-1-3(7-5)2-6-4;/h3-4,6H,1-2H2,(H,7,8);1H/t3-,4-;/m1./s1. The number of hydrogen-bond donors (Lipinski definition) is 2. The summed E-state index contributed by atoms with van der Waals surface area (Å²) in [5, 5.41) is 5.95. The fraction of sp³-hybridized carbons (Fsp3) is 0.800. The molecule has 2 aliphatic rings. The summed E-state index contributed by atoms with van der Waals surface area (Å²) in [6, 6.07) is 0.576. The van der Waals surface area contributed by atoms with Crippen molar-refractivity contribution in [3.05, 3.63) is 0 Å². The van der Waals surface area contributed by atoms with Gasteiger partial charge in [0.05, 0.1) is 6.04 Å². The average Bonchev–Trinajstić information content (AvgIpc) is 2.23. The first-order chi connectivity index (χ1) is 3.86. The maximum Gasteiger partial charge on any atom is 0.237 e. The van der Waals surface area contributed by atoms with Gasteiger partial charge in [0.1, 0.15) is 0 Å². The maximum atomic E-state index is 10.7. The molecule has 52 valence electrons. The topological polar surface area (TPSA) is 41.1 Å². The molecule has 2 saturated heterocycles. The zero-order valence-electron chi connectivity index (χ0n) is 4.89. The zero-order valence-corrected chi connectivity index (χ0v) is 5.70. The molecular weight excluding hydrogens is 140 g/mol. The largest absolute Gasteiger partial charge is 0.351 e. The van der Waals surface area contributed by atoms with Gasteiger partial charge in [-0.3, -0.25) is 4.79 Å². The van der Waals surface area contributed by atoms with Crippen molar-refractivity contribution in [2.45, 2.75) is 18.5 Å². The summed E-state index contributed by atoms with van der Waals surface area (Å²) < 4.78 is 0. The molecular formula is C5H9ClN2O. The molecule has 0 aromatic carbocycles. The molecule has 0 aromatic rings. The molecule has 2 heterocycles. The third kappa shape index (κ3) is 0.904. The summed E-state index contributed by atoms with van der Waals surface area (Å²) in [4.78, 5) is 10.7. The normalized spacial score (nSPS) is 38.0. The number of carbonyl (C=O) groups is 1. The molecule has 0 aromatic heterocycles. The average molecular weight is 149 g/mol. The number of carbonyl (C=O) groups excluding carboxylic acids is 1. The van der Waals surface area contributed by atoms with Crippen LogP contribution in [0.15, 0.2) is 0 Å². The van der Waals surface area contributed by atoms with Gasteiger partial charge in [0, 0.05) is 12.6 Å². The Labute approximate surface area is 59.6 Å². The van der Waals surface area contributed by atoms with Gasteiger partial charge in [-0.2, -0.15) is 0 Å². The van der Waals surface area contributed by atoms with Gasteiger partial charge < -0.3 is 10.6 Å². The Morgan fingerprint density at radius 2 is 2.33 bits per heavy atom.